The highest BCUT2D eigenvalue weighted by molar-refractivity contribution is 5.99. The fourth-order valence-corrected chi connectivity index (χ4v) is 3.00. The van der Waals surface area contributed by atoms with Gasteiger partial charge in [-0.3, -0.25) is 4.79 Å². The molecule has 0 amide bonds. The van der Waals surface area contributed by atoms with E-state index in [0.717, 1.165) is 19.3 Å². The SMILES string of the molecule is NCC1CCCC1C(=O)c1cc2cccc(F)c2o1. The van der Waals surface area contributed by atoms with Gasteiger partial charge in [0.1, 0.15) is 0 Å². The molecule has 0 spiro atoms. The Morgan fingerprint density at radius 3 is 3.00 bits per heavy atom. The second-order valence-electron chi connectivity index (χ2n) is 5.17. The first-order valence-electron chi connectivity index (χ1n) is 6.63. The van der Waals surface area contributed by atoms with Crippen LogP contribution in [0.5, 0.6) is 0 Å². The van der Waals surface area contributed by atoms with E-state index in [1.54, 1.807) is 18.2 Å². The van der Waals surface area contributed by atoms with Gasteiger partial charge in [0.25, 0.3) is 0 Å². The fraction of sp³-hybridized carbons (Fsp3) is 0.400. The summed E-state index contributed by atoms with van der Waals surface area (Å²) in [6.07, 6.45) is 2.86. The van der Waals surface area contributed by atoms with E-state index in [1.165, 1.54) is 6.07 Å². The minimum Gasteiger partial charge on any atom is -0.450 e. The molecular formula is C15H16FNO2. The van der Waals surface area contributed by atoms with Gasteiger partial charge in [0.2, 0.25) is 5.78 Å². The first-order valence-corrected chi connectivity index (χ1v) is 6.63. The number of hydrogen-bond acceptors (Lipinski definition) is 3. The molecule has 2 aromatic rings. The predicted octanol–water partition coefficient (Wildman–Crippen LogP) is 3.13. The Morgan fingerprint density at radius 1 is 1.42 bits per heavy atom. The summed E-state index contributed by atoms with van der Waals surface area (Å²) in [6, 6.07) is 6.32. The third-order valence-electron chi connectivity index (χ3n) is 4.04. The molecule has 2 unspecified atom stereocenters. The summed E-state index contributed by atoms with van der Waals surface area (Å²) >= 11 is 0. The third-order valence-corrected chi connectivity index (χ3v) is 4.04. The molecule has 1 saturated carbocycles. The number of rotatable bonds is 3. The van der Waals surface area contributed by atoms with Crippen molar-refractivity contribution in [1.29, 1.82) is 0 Å². The van der Waals surface area contributed by atoms with Crippen molar-refractivity contribution in [1.82, 2.24) is 0 Å². The van der Waals surface area contributed by atoms with Crippen molar-refractivity contribution >= 4 is 16.8 Å². The highest BCUT2D eigenvalue weighted by atomic mass is 19.1. The maximum absolute atomic E-state index is 13.6. The van der Waals surface area contributed by atoms with Gasteiger partial charge in [0, 0.05) is 11.3 Å². The van der Waals surface area contributed by atoms with Crippen molar-refractivity contribution in [2.24, 2.45) is 17.6 Å². The van der Waals surface area contributed by atoms with Gasteiger partial charge in [-0.05, 0) is 37.4 Å². The van der Waals surface area contributed by atoms with Gasteiger partial charge in [-0.15, -0.1) is 0 Å². The minimum atomic E-state index is -0.432. The van der Waals surface area contributed by atoms with Gasteiger partial charge in [0.05, 0.1) is 0 Å². The zero-order chi connectivity index (χ0) is 13.4. The number of halogens is 1. The van der Waals surface area contributed by atoms with Crippen molar-refractivity contribution in [3.8, 4) is 0 Å². The average molecular weight is 261 g/mol. The number of carbonyl (C=O) groups excluding carboxylic acids is 1. The van der Waals surface area contributed by atoms with Crippen LogP contribution in [-0.2, 0) is 0 Å². The summed E-state index contributed by atoms with van der Waals surface area (Å²) in [5.74, 6) is -0.0634. The zero-order valence-corrected chi connectivity index (χ0v) is 10.6. The van der Waals surface area contributed by atoms with E-state index in [1.807, 2.05) is 0 Å². The Labute approximate surface area is 110 Å². The lowest BCUT2D eigenvalue weighted by molar-refractivity contribution is 0.0866. The number of nitrogens with two attached hydrogens (primary N) is 1. The Balaban J connectivity index is 1.95. The third kappa shape index (κ3) is 2.06. The average Bonchev–Trinajstić information content (AvgIpc) is 3.04. The molecule has 3 nitrogen and oxygen atoms in total. The highest BCUT2D eigenvalue weighted by Crippen LogP contribution is 2.34. The minimum absolute atomic E-state index is 0.0384. The van der Waals surface area contributed by atoms with Crippen LogP contribution in [0.15, 0.2) is 28.7 Å². The first-order chi connectivity index (χ1) is 9.20. The quantitative estimate of drug-likeness (QED) is 0.863. The number of Topliss-reactive ketones (excluding diaryl/α,β-unsaturated/α-hetero) is 1. The van der Waals surface area contributed by atoms with E-state index >= 15 is 0 Å². The standard InChI is InChI=1S/C15H16FNO2/c16-12-6-2-3-9-7-13(19-15(9)12)14(18)11-5-1-4-10(11)8-17/h2-3,6-7,10-11H,1,4-5,8,17H2. The predicted molar refractivity (Wildman–Crippen MR) is 70.4 cm³/mol. The monoisotopic (exact) mass is 261 g/mol. The normalized spacial score (nSPS) is 23.1. The molecule has 2 N–H and O–H groups in total. The van der Waals surface area contributed by atoms with E-state index in [9.17, 15) is 9.18 Å². The molecule has 2 atom stereocenters. The molecule has 19 heavy (non-hydrogen) atoms. The second-order valence-corrected chi connectivity index (χ2v) is 5.17. The van der Waals surface area contributed by atoms with Gasteiger partial charge in [-0.25, -0.2) is 4.39 Å². The Kier molecular flexibility index (Phi) is 3.11. The van der Waals surface area contributed by atoms with Crippen LogP contribution in [0.3, 0.4) is 0 Å². The van der Waals surface area contributed by atoms with E-state index in [0.29, 0.717) is 11.9 Å². The van der Waals surface area contributed by atoms with Crippen LogP contribution in [0.2, 0.25) is 0 Å². The number of hydrogen-bond donors (Lipinski definition) is 1. The van der Waals surface area contributed by atoms with Crippen molar-refractivity contribution in [2.75, 3.05) is 6.54 Å². The van der Waals surface area contributed by atoms with Gasteiger partial charge in [-0.1, -0.05) is 18.6 Å². The van der Waals surface area contributed by atoms with Gasteiger partial charge < -0.3 is 10.2 Å². The molecule has 1 heterocycles. The van der Waals surface area contributed by atoms with Crippen LogP contribution in [-0.4, -0.2) is 12.3 Å². The lowest BCUT2D eigenvalue weighted by Crippen LogP contribution is -2.24. The van der Waals surface area contributed by atoms with Gasteiger partial charge in [-0.2, -0.15) is 0 Å². The number of para-hydroxylation sites is 1. The number of fused-ring (bicyclic) bond motifs is 1. The summed E-state index contributed by atoms with van der Waals surface area (Å²) in [7, 11) is 0. The van der Waals surface area contributed by atoms with Gasteiger partial charge >= 0.3 is 0 Å². The number of furan rings is 1. The molecule has 4 heteroatoms. The molecule has 3 rings (SSSR count). The zero-order valence-electron chi connectivity index (χ0n) is 10.6. The molecule has 1 fully saturated rings. The van der Waals surface area contributed by atoms with Crippen LogP contribution in [0.1, 0.15) is 29.8 Å². The van der Waals surface area contributed by atoms with Gasteiger partial charge in [0.15, 0.2) is 17.2 Å². The maximum Gasteiger partial charge on any atom is 0.201 e. The van der Waals surface area contributed by atoms with E-state index in [-0.39, 0.29) is 29.0 Å². The van der Waals surface area contributed by atoms with E-state index in [2.05, 4.69) is 0 Å². The van der Waals surface area contributed by atoms with Crippen LogP contribution in [0.4, 0.5) is 4.39 Å². The van der Waals surface area contributed by atoms with Crippen molar-refractivity contribution in [3.05, 3.63) is 35.8 Å². The van der Waals surface area contributed by atoms with Crippen LogP contribution in [0.25, 0.3) is 11.0 Å². The molecule has 1 aromatic heterocycles. The summed E-state index contributed by atoms with van der Waals surface area (Å²) in [6.45, 7) is 0.519. The summed E-state index contributed by atoms with van der Waals surface area (Å²) < 4.78 is 19.0. The molecule has 1 aliphatic carbocycles. The molecule has 1 aromatic carbocycles. The lowest BCUT2D eigenvalue weighted by atomic mass is 9.91. The maximum atomic E-state index is 13.6. The molecule has 100 valence electrons. The van der Waals surface area contributed by atoms with E-state index < -0.39 is 5.82 Å². The smallest absolute Gasteiger partial charge is 0.201 e. The Hall–Kier alpha value is -1.68. The van der Waals surface area contributed by atoms with Crippen molar-refractivity contribution in [2.45, 2.75) is 19.3 Å². The largest absolute Gasteiger partial charge is 0.450 e. The molecule has 0 bridgehead atoms. The van der Waals surface area contributed by atoms with Crippen LogP contribution in [0, 0.1) is 17.7 Å². The van der Waals surface area contributed by atoms with Crippen LogP contribution < -0.4 is 5.73 Å². The van der Waals surface area contributed by atoms with Crippen molar-refractivity contribution in [3.63, 3.8) is 0 Å². The molecular weight excluding hydrogens is 245 g/mol. The lowest BCUT2D eigenvalue weighted by Gasteiger charge is -2.14. The van der Waals surface area contributed by atoms with Crippen molar-refractivity contribution < 1.29 is 13.6 Å². The summed E-state index contributed by atoms with van der Waals surface area (Å²) in [5.41, 5.74) is 5.86. The van der Waals surface area contributed by atoms with E-state index in [4.69, 9.17) is 10.2 Å². The Morgan fingerprint density at radius 2 is 2.26 bits per heavy atom. The Bertz CT molecular complexity index is 620. The fourth-order valence-electron chi connectivity index (χ4n) is 3.00. The molecule has 0 saturated heterocycles. The molecule has 1 aliphatic rings. The molecule has 0 aliphatic heterocycles. The second kappa shape index (κ2) is 4.78. The summed E-state index contributed by atoms with van der Waals surface area (Å²) in [5, 5.41) is 0.630. The number of benzene rings is 1. The topological polar surface area (TPSA) is 56.2 Å². The number of carbonyl (C=O) groups is 1. The summed E-state index contributed by atoms with van der Waals surface area (Å²) in [4.78, 5) is 12.4. The molecule has 0 radical (unpaired) electrons. The number of ketones is 1. The first kappa shape index (κ1) is 12.4. The van der Waals surface area contributed by atoms with Crippen LogP contribution >= 0.6 is 0 Å². The highest BCUT2D eigenvalue weighted by Gasteiger charge is 2.34.